The zero-order chi connectivity index (χ0) is 11.5. The molecule has 1 saturated heterocycles. The van der Waals surface area contributed by atoms with Crippen LogP contribution in [0.3, 0.4) is 0 Å². The Bertz CT molecular complexity index is 345. The van der Waals surface area contributed by atoms with Gasteiger partial charge in [0.2, 0.25) is 0 Å². The Labute approximate surface area is 125 Å². The van der Waals surface area contributed by atoms with Gasteiger partial charge in [-0.2, -0.15) is 0 Å². The second kappa shape index (κ2) is 7.28. The maximum Gasteiger partial charge on any atom is 0.107 e. The van der Waals surface area contributed by atoms with Crippen LogP contribution in [0.15, 0.2) is 10.5 Å². The smallest absolute Gasteiger partial charge is 0.107 e. The highest BCUT2D eigenvalue weighted by Crippen LogP contribution is 2.32. The summed E-state index contributed by atoms with van der Waals surface area (Å²) >= 11 is 11.1. The molecule has 0 aliphatic carbocycles. The van der Waals surface area contributed by atoms with Crippen LogP contribution in [0.4, 0.5) is 0 Å². The van der Waals surface area contributed by atoms with E-state index in [1.165, 1.54) is 4.88 Å². The molecule has 0 radical (unpaired) electrons. The van der Waals surface area contributed by atoms with Crippen molar-refractivity contribution in [2.24, 2.45) is 5.73 Å². The van der Waals surface area contributed by atoms with E-state index in [0.717, 1.165) is 35.1 Å². The Morgan fingerprint density at radius 2 is 2.41 bits per heavy atom. The molecule has 1 atom stereocenters. The van der Waals surface area contributed by atoms with Gasteiger partial charge in [0.05, 0.1) is 12.7 Å². The molecule has 1 aromatic heterocycles. The number of thiophene rings is 1. The highest BCUT2D eigenvalue weighted by molar-refractivity contribution is 9.10. The number of halogens is 3. The van der Waals surface area contributed by atoms with Gasteiger partial charge in [-0.15, -0.1) is 23.7 Å². The van der Waals surface area contributed by atoms with Crippen LogP contribution in [-0.2, 0) is 11.3 Å². The summed E-state index contributed by atoms with van der Waals surface area (Å²) in [6, 6.07) is 2.08. The van der Waals surface area contributed by atoms with E-state index in [1.807, 2.05) is 0 Å². The van der Waals surface area contributed by atoms with E-state index in [1.54, 1.807) is 11.3 Å². The maximum atomic E-state index is 6.01. The Kier molecular flexibility index (Phi) is 6.72. The van der Waals surface area contributed by atoms with Crippen molar-refractivity contribution >= 4 is 51.3 Å². The topological polar surface area (TPSA) is 38.5 Å². The second-order valence-corrected chi connectivity index (χ2v) is 6.39. The molecule has 17 heavy (non-hydrogen) atoms. The third kappa shape index (κ3) is 4.35. The number of nitrogens with zero attached hydrogens (tertiary/aromatic N) is 1. The van der Waals surface area contributed by atoms with Crippen molar-refractivity contribution in [3.05, 3.63) is 19.8 Å². The molecule has 0 aromatic carbocycles. The molecule has 0 bridgehead atoms. The molecule has 3 nitrogen and oxygen atoms in total. The van der Waals surface area contributed by atoms with Crippen molar-refractivity contribution in [3.8, 4) is 0 Å². The Morgan fingerprint density at radius 1 is 1.65 bits per heavy atom. The van der Waals surface area contributed by atoms with Gasteiger partial charge in [-0.3, -0.25) is 4.90 Å². The van der Waals surface area contributed by atoms with Gasteiger partial charge in [-0.1, -0.05) is 11.6 Å². The number of ether oxygens (including phenoxy) is 1. The van der Waals surface area contributed by atoms with Crippen LogP contribution in [0.5, 0.6) is 0 Å². The van der Waals surface area contributed by atoms with E-state index in [9.17, 15) is 0 Å². The predicted octanol–water partition coefficient (Wildman–Crippen LogP) is 2.75. The normalized spacial score (nSPS) is 21.2. The van der Waals surface area contributed by atoms with E-state index < -0.39 is 0 Å². The lowest BCUT2D eigenvalue weighted by molar-refractivity contribution is -0.0257. The lowest BCUT2D eigenvalue weighted by Gasteiger charge is -2.31. The molecule has 2 heterocycles. The third-order valence-corrected chi connectivity index (χ3v) is 5.02. The van der Waals surface area contributed by atoms with Crippen LogP contribution in [0, 0.1) is 0 Å². The summed E-state index contributed by atoms with van der Waals surface area (Å²) in [6.45, 7) is 4.15. The average molecular weight is 362 g/mol. The van der Waals surface area contributed by atoms with Crippen molar-refractivity contribution in [2.45, 2.75) is 12.6 Å². The molecule has 0 amide bonds. The molecule has 1 unspecified atom stereocenters. The number of hydrogen-bond donors (Lipinski definition) is 1. The quantitative estimate of drug-likeness (QED) is 0.899. The highest BCUT2D eigenvalue weighted by atomic mass is 79.9. The van der Waals surface area contributed by atoms with Crippen molar-refractivity contribution in [2.75, 3.05) is 26.2 Å². The third-order valence-electron chi connectivity index (χ3n) is 2.56. The van der Waals surface area contributed by atoms with Crippen molar-refractivity contribution in [3.63, 3.8) is 0 Å². The molecule has 2 N–H and O–H groups in total. The van der Waals surface area contributed by atoms with Crippen LogP contribution in [0.25, 0.3) is 0 Å². The first kappa shape index (κ1) is 15.7. The van der Waals surface area contributed by atoms with Gasteiger partial charge in [-0.25, -0.2) is 0 Å². The maximum absolute atomic E-state index is 6.01. The van der Waals surface area contributed by atoms with Crippen molar-refractivity contribution in [1.82, 2.24) is 4.90 Å². The van der Waals surface area contributed by atoms with Gasteiger partial charge in [0.1, 0.15) is 4.34 Å². The van der Waals surface area contributed by atoms with E-state index >= 15 is 0 Å². The number of rotatable bonds is 3. The highest BCUT2D eigenvalue weighted by Gasteiger charge is 2.19. The predicted molar refractivity (Wildman–Crippen MR) is 78.3 cm³/mol. The summed E-state index contributed by atoms with van der Waals surface area (Å²) in [5.74, 6) is 0. The number of hydrogen-bond acceptors (Lipinski definition) is 4. The fraction of sp³-hybridized carbons (Fsp3) is 0.600. The minimum absolute atomic E-state index is 0. The Morgan fingerprint density at radius 3 is 3.00 bits per heavy atom. The first-order valence-electron chi connectivity index (χ1n) is 5.16. The summed E-state index contributed by atoms with van der Waals surface area (Å²) in [6.07, 6.45) is 0.174. The Balaban J connectivity index is 0.00000144. The van der Waals surface area contributed by atoms with Crippen molar-refractivity contribution in [1.29, 1.82) is 0 Å². The number of nitrogens with two attached hydrogens (primary N) is 1. The SMILES string of the molecule is Cl.NCC1CN(Cc2cc(Br)c(Cl)s2)CCO1. The molecule has 1 aromatic rings. The van der Waals surface area contributed by atoms with Crippen molar-refractivity contribution < 1.29 is 4.74 Å². The minimum atomic E-state index is 0. The van der Waals surface area contributed by atoms with Gasteiger partial charge >= 0.3 is 0 Å². The summed E-state index contributed by atoms with van der Waals surface area (Å²) in [5.41, 5.74) is 5.61. The minimum Gasteiger partial charge on any atom is -0.374 e. The van der Waals surface area contributed by atoms with Gasteiger partial charge in [0.25, 0.3) is 0 Å². The van der Waals surface area contributed by atoms with E-state index in [-0.39, 0.29) is 18.5 Å². The lowest BCUT2D eigenvalue weighted by atomic mass is 10.2. The molecule has 2 rings (SSSR count). The summed E-state index contributed by atoms with van der Waals surface area (Å²) in [7, 11) is 0. The number of morpholine rings is 1. The largest absolute Gasteiger partial charge is 0.374 e. The van der Waals surface area contributed by atoms with Crippen LogP contribution in [-0.4, -0.2) is 37.2 Å². The molecular formula is C10H15BrCl2N2OS. The zero-order valence-corrected chi connectivity index (χ0v) is 13.2. The molecule has 0 saturated carbocycles. The van der Waals surface area contributed by atoms with Crippen LogP contribution in [0.1, 0.15) is 4.88 Å². The molecule has 0 spiro atoms. The second-order valence-electron chi connectivity index (χ2n) is 3.80. The molecule has 1 aliphatic rings. The zero-order valence-electron chi connectivity index (χ0n) is 9.20. The first-order valence-corrected chi connectivity index (χ1v) is 7.15. The Hall–Kier alpha value is 0.640. The van der Waals surface area contributed by atoms with Gasteiger partial charge < -0.3 is 10.5 Å². The average Bonchev–Trinajstić information content (AvgIpc) is 2.58. The van der Waals surface area contributed by atoms with E-state index in [4.69, 9.17) is 22.1 Å². The van der Waals surface area contributed by atoms with E-state index in [0.29, 0.717) is 6.54 Å². The monoisotopic (exact) mass is 360 g/mol. The molecule has 1 fully saturated rings. The fourth-order valence-electron chi connectivity index (χ4n) is 1.76. The van der Waals surface area contributed by atoms with E-state index in [2.05, 4.69) is 26.9 Å². The van der Waals surface area contributed by atoms with Crippen LogP contribution < -0.4 is 5.73 Å². The summed E-state index contributed by atoms with van der Waals surface area (Å²) in [5, 5.41) is 0. The molecule has 98 valence electrons. The summed E-state index contributed by atoms with van der Waals surface area (Å²) < 4.78 is 7.33. The van der Waals surface area contributed by atoms with Gasteiger partial charge in [0.15, 0.2) is 0 Å². The molecular weight excluding hydrogens is 347 g/mol. The molecule has 7 heteroatoms. The van der Waals surface area contributed by atoms with Gasteiger partial charge in [-0.05, 0) is 22.0 Å². The lowest BCUT2D eigenvalue weighted by Crippen LogP contribution is -2.44. The van der Waals surface area contributed by atoms with Gasteiger partial charge in [0, 0.05) is 35.5 Å². The molecule has 1 aliphatic heterocycles. The summed E-state index contributed by atoms with van der Waals surface area (Å²) in [4.78, 5) is 3.63. The first-order chi connectivity index (χ1) is 7.69. The fourth-order valence-corrected chi connectivity index (χ4v) is 3.59. The standard InChI is InChI=1S/C10H14BrClN2OS.ClH/c11-9-3-8(16-10(9)12)6-14-1-2-15-7(4-13)5-14;/h3,7H,1-2,4-6,13H2;1H. The van der Waals surface area contributed by atoms with Crippen LogP contribution >= 0.6 is 51.3 Å². The van der Waals surface area contributed by atoms with Crippen LogP contribution in [0.2, 0.25) is 4.34 Å².